The van der Waals surface area contributed by atoms with Crippen molar-refractivity contribution in [1.82, 2.24) is 0 Å². The van der Waals surface area contributed by atoms with Crippen LogP contribution in [0.4, 0.5) is 5.69 Å². The third-order valence-corrected chi connectivity index (χ3v) is 3.06. The summed E-state index contributed by atoms with van der Waals surface area (Å²) in [6.07, 6.45) is -0.486. The maximum atomic E-state index is 9.96. The molecule has 1 unspecified atom stereocenters. The topological polar surface area (TPSA) is 32.3 Å². The van der Waals surface area contributed by atoms with E-state index >= 15 is 0 Å². The molecule has 2 N–H and O–H groups in total. The third kappa shape index (κ3) is 3.58. The summed E-state index contributed by atoms with van der Waals surface area (Å²) < 4.78 is 1.05. The molecule has 0 aliphatic carbocycles. The summed E-state index contributed by atoms with van der Waals surface area (Å²) in [7, 11) is 0. The molecule has 0 aromatic heterocycles. The number of halogens is 1. The summed E-state index contributed by atoms with van der Waals surface area (Å²) in [6.45, 7) is 0.506. The van der Waals surface area contributed by atoms with E-state index in [0.29, 0.717) is 6.54 Å². The average Bonchev–Trinajstić information content (AvgIpc) is 2.39. The Morgan fingerprint density at radius 3 is 2.29 bits per heavy atom. The van der Waals surface area contributed by atoms with E-state index in [-0.39, 0.29) is 0 Å². The smallest absolute Gasteiger partial charge is 0.0962 e. The molecule has 0 spiro atoms. The molecule has 3 heteroatoms. The number of benzene rings is 2. The highest BCUT2D eigenvalue weighted by Gasteiger charge is 2.05. The van der Waals surface area contributed by atoms with Gasteiger partial charge in [0.1, 0.15) is 0 Å². The average molecular weight is 292 g/mol. The lowest BCUT2D eigenvalue weighted by Gasteiger charge is -2.13. The van der Waals surface area contributed by atoms with Crippen LogP contribution in [0, 0.1) is 0 Å². The Hall–Kier alpha value is -1.32. The molecule has 2 aromatic carbocycles. The first-order chi connectivity index (χ1) is 8.25. The predicted octanol–water partition coefficient (Wildman–Crippen LogP) is 3.59. The molecule has 0 aliphatic heterocycles. The van der Waals surface area contributed by atoms with Crippen LogP contribution < -0.4 is 5.32 Å². The zero-order valence-corrected chi connectivity index (χ0v) is 10.9. The van der Waals surface area contributed by atoms with E-state index in [1.807, 2.05) is 54.6 Å². The second kappa shape index (κ2) is 5.84. The lowest BCUT2D eigenvalue weighted by molar-refractivity contribution is 0.191. The van der Waals surface area contributed by atoms with Gasteiger partial charge in [-0.2, -0.15) is 0 Å². The maximum absolute atomic E-state index is 9.96. The third-order valence-electron chi connectivity index (χ3n) is 2.53. The molecule has 0 saturated heterocycles. The predicted molar refractivity (Wildman–Crippen MR) is 74.0 cm³/mol. The first-order valence-corrected chi connectivity index (χ1v) is 6.27. The molecule has 17 heavy (non-hydrogen) atoms. The molecular weight excluding hydrogens is 278 g/mol. The van der Waals surface area contributed by atoms with Gasteiger partial charge >= 0.3 is 0 Å². The number of hydrogen-bond acceptors (Lipinski definition) is 2. The van der Waals surface area contributed by atoms with Gasteiger partial charge in [-0.25, -0.2) is 0 Å². The van der Waals surface area contributed by atoms with Gasteiger partial charge in [0.2, 0.25) is 0 Å². The molecule has 88 valence electrons. The van der Waals surface area contributed by atoms with Gasteiger partial charge in [-0.3, -0.25) is 0 Å². The number of aliphatic hydroxyl groups excluding tert-OH is 1. The van der Waals surface area contributed by atoms with E-state index < -0.39 is 6.10 Å². The van der Waals surface area contributed by atoms with Crippen molar-refractivity contribution >= 4 is 21.6 Å². The standard InChI is InChI=1S/C14H14BrNO/c15-12-6-8-13(9-7-12)16-10-14(17)11-4-2-1-3-5-11/h1-9,14,16-17H,10H2. The van der Waals surface area contributed by atoms with Crippen LogP contribution in [0.15, 0.2) is 59.1 Å². The van der Waals surface area contributed by atoms with Crippen LogP contribution in [-0.4, -0.2) is 11.7 Å². The van der Waals surface area contributed by atoms with E-state index in [1.165, 1.54) is 0 Å². The Morgan fingerprint density at radius 2 is 1.65 bits per heavy atom. The minimum absolute atomic E-state index is 0.486. The molecule has 2 rings (SSSR count). The lowest BCUT2D eigenvalue weighted by Crippen LogP contribution is -2.11. The maximum Gasteiger partial charge on any atom is 0.0962 e. The summed E-state index contributed by atoms with van der Waals surface area (Å²) >= 11 is 3.39. The van der Waals surface area contributed by atoms with Crippen LogP contribution in [0.25, 0.3) is 0 Å². The largest absolute Gasteiger partial charge is 0.387 e. The highest BCUT2D eigenvalue weighted by Crippen LogP contribution is 2.16. The van der Waals surface area contributed by atoms with Crippen molar-refractivity contribution in [3.8, 4) is 0 Å². The van der Waals surface area contributed by atoms with Crippen LogP contribution in [0.3, 0.4) is 0 Å². The van der Waals surface area contributed by atoms with Crippen molar-refractivity contribution < 1.29 is 5.11 Å². The molecule has 0 radical (unpaired) electrons. The fourth-order valence-electron chi connectivity index (χ4n) is 1.58. The molecule has 0 fully saturated rings. The first-order valence-electron chi connectivity index (χ1n) is 5.48. The van der Waals surface area contributed by atoms with E-state index in [9.17, 15) is 5.11 Å². The van der Waals surface area contributed by atoms with Gasteiger partial charge in [-0.1, -0.05) is 46.3 Å². The number of nitrogens with one attached hydrogen (secondary N) is 1. The molecule has 1 atom stereocenters. The van der Waals surface area contributed by atoms with Crippen LogP contribution in [0.1, 0.15) is 11.7 Å². The van der Waals surface area contributed by atoms with Crippen LogP contribution in [0.5, 0.6) is 0 Å². The van der Waals surface area contributed by atoms with Crippen LogP contribution >= 0.6 is 15.9 Å². The minimum atomic E-state index is -0.486. The van der Waals surface area contributed by atoms with Gasteiger partial charge in [0.25, 0.3) is 0 Å². The van der Waals surface area contributed by atoms with Crippen molar-refractivity contribution in [2.45, 2.75) is 6.10 Å². The normalized spacial score (nSPS) is 12.1. The van der Waals surface area contributed by atoms with Crippen molar-refractivity contribution in [1.29, 1.82) is 0 Å². The number of rotatable bonds is 4. The Kier molecular flexibility index (Phi) is 4.18. The molecule has 0 saturated carbocycles. The zero-order valence-electron chi connectivity index (χ0n) is 9.31. The molecule has 0 bridgehead atoms. The Balaban J connectivity index is 1.92. The fraction of sp³-hybridized carbons (Fsp3) is 0.143. The number of anilines is 1. The lowest BCUT2D eigenvalue weighted by atomic mass is 10.1. The van der Waals surface area contributed by atoms with Crippen molar-refractivity contribution in [2.75, 3.05) is 11.9 Å². The molecule has 0 heterocycles. The van der Waals surface area contributed by atoms with E-state index in [1.54, 1.807) is 0 Å². The highest BCUT2D eigenvalue weighted by atomic mass is 79.9. The monoisotopic (exact) mass is 291 g/mol. The first kappa shape index (κ1) is 12.1. The fourth-order valence-corrected chi connectivity index (χ4v) is 1.84. The van der Waals surface area contributed by atoms with E-state index in [4.69, 9.17) is 0 Å². The van der Waals surface area contributed by atoms with Crippen molar-refractivity contribution in [3.05, 3.63) is 64.6 Å². The summed E-state index contributed by atoms with van der Waals surface area (Å²) in [5.41, 5.74) is 1.93. The SMILES string of the molecule is OC(CNc1ccc(Br)cc1)c1ccccc1. The minimum Gasteiger partial charge on any atom is -0.387 e. The summed E-state index contributed by atoms with van der Waals surface area (Å²) in [4.78, 5) is 0. The summed E-state index contributed by atoms with van der Waals surface area (Å²) in [5, 5.41) is 13.2. The van der Waals surface area contributed by atoms with Gasteiger partial charge in [-0.15, -0.1) is 0 Å². The van der Waals surface area contributed by atoms with Gasteiger partial charge in [0.05, 0.1) is 6.10 Å². The zero-order chi connectivity index (χ0) is 12.1. The highest BCUT2D eigenvalue weighted by molar-refractivity contribution is 9.10. The van der Waals surface area contributed by atoms with Crippen molar-refractivity contribution in [3.63, 3.8) is 0 Å². The van der Waals surface area contributed by atoms with Gasteiger partial charge in [-0.05, 0) is 29.8 Å². The number of hydrogen-bond donors (Lipinski definition) is 2. The second-order valence-electron chi connectivity index (χ2n) is 3.81. The van der Waals surface area contributed by atoms with Gasteiger partial charge in [0.15, 0.2) is 0 Å². The second-order valence-corrected chi connectivity index (χ2v) is 4.73. The van der Waals surface area contributed by atoms with Gasteiger partial charge < -0.3 is 10.4 Å². The Bertz CT molecular complexity index is 455. The number of aliphatic hydroxyl groups is 1. The van der Waals surface area contributed by atoms with Crippen LogP contribution in [-0.2, 0) is 0 Å². The molecule has 0 amide bonds. The quantitative estimate of drug-likeness (QED) is 0.902. The molecule has 2 nitrogen and oxygen atoms in total. The van der Waals surface area contributed by atoms with Gasteiger partial charge in [0, 0.05) is 16.7 Å². The molecule has 0 aliphatic rings. The molecular formula is C14H14BrNO. The van der Waals surface area contributed by atoms with Crippen LogP contribution in [0.2, 0.25) is 0 Å². The van der Waals surface area contributed by atoms with E-state index in [2.05, 4.69) is 21.2 Å². The summed E-state index contributed by atoms with van der Waals surface area (Å²) in [5.74, 6) is 0. The Morgan fingerprint density at radius 1 is 1.00 bits per heavy atom. The van der Waals surface area contributed by atoms with Crippen molar-refractivity contribution in [2.24, 2.45) is 0 Å². The summed E-state index contributed by atoms with van der Waals surface area (Å²) in [6, 6.07) is 17.5. The van der Waals surface area contributed by atoms with E-state index in [0.717, 1.165) is 15.7 Å². The Labute approximate surface area is 109 Å². The molecule has 2 aromatic rings.